The highest BCUT2D eigenvalue weighted by molar-refractivity contribution is 5.86. The molecule has 0 aliphatic rings. The van der Waals surface area contributed by atoms with Crippen LogP contribution in [0.15, 0.2) is 30.7 Å². The van der Waals surface area contributed by atoms with Crippen molar-refractivity contribution in [3.8, 4) is 11.3 Å². The zero-order valence-electron chi connectivity index (χ0n) is 9.60. The second-order valence-electron chi connectivity index (χ2n) is 3.77. The van der Waals surface area contributed by atoms with Gasteiger partial charge in [-0.1, -0.05) is 6.07 Å². The van der Waals surface area contributed by atoms with Gasteiger partial charge in [0.1, 0.15) is 0 Å². The van der Waals surface area contributed by atoms with Crippen molar-refractivity contribution in [1.82, 2.24) is 19.9 Å². The second-order valence-corrected chi connectivity index (χ2v) is 3.77. The summed E-state index contributed by atoms with van der Waals surface area (Å²) >= 11 is 0. The number of imidazole rings is 2. The van der Waals surface area contributed by atoms with Crippen molar-refractivity contribution in [2.45, 2.75) is 0 Å². The van der Waals surface area contributed by atoms with Gasteiger partial charge in [0.05, 0.1) is 36.4 Å². The summed E-state index contributed by atoms with van der Waals surface area (Å²) < 4.78 is 4.59. The number of H-pyrrole nitrogens is 2. The first-order chi connectivity index (χ1) is 8.78. The Bertz CT molecular complexity index is 714. The van der Waals surface area contributed by atoms with E-state index in [4.69, 9.17) is 0 Å². The van der Waals surface area contributed by atoms with Crippen molar-refractivity contribution in [2.24, 2.45) is 0 Å². The van der Waals surface area contributed by atoms with Gasteiger partial charge in [0, 0.05) is 5.56 Å². The molecule has 0 unspecified atom stereocenters. The third-order valence-corrected chi connectivity index (χ3v) is 2.69. The SMILES string of the molecule is COC(=O)c1ncc(-c2ccc3nc[nH]c3c2)[nH]1. The fraction of sp³-hybridized carbons (Fsp3) is 0.0833. The second kappa shape index (κ2) is 3.99. The molecule has 0 fully saturated rings. The highest BCUT2D eigenvalue weighted by Gasteiger charge is 2.11. The van der Waals surface area contributed by atoms with E-state index in [0.29, 0.717) is 0 Å². The number of methoxy groups -OCH3 is 1. The lowest BCUT2D eigenvalue weighted by atomic mass is 10.1. The van der Waals surface area contributed by atoms with Crippen LogP contribution in [0.2, 0.25) is 0 Å². The minimum Gasteiger partial charge on any atom is -0.463 e. The van der Waals surface area contributed by atoms with E-state index in [0.717, 1.165) is 22.3 Å². The van der Waals surface area contributed by atoms with Crippen molar-refractivity contribution in [1.29, 1.82) is 0 Å². The zero-order chi connectivity index (χ0) is 12.5. The molecule has 3 aromatic rings. The molecule has 0 aliphatic carbocycles. The number of carbonyl (C=O) groups excluding carboxylic acids is 1. The molecule has 0 amide bonds. The normalized spacial score (nSPS) is 10.7. The van der Waals surface area contributed by atoms with Gasteiger partial charge in [-0.3, -0.25) is 0 Å². The topological polar surface area (TPSA) is 83.7 Å². The van der Waals surface area contributed by atoms with Crippen molar-refractivity contribution in [3.63, 3.8) is 0 Å². The minimum atomic E-state index is -0.483. The Morgan fingerprint density at radius 2 is 2.22 bits per heavy atom. The van der Waals surface area contributed by atoms with Crippen LogP contribution in [0.3, 0.4) is 0 Å². The van der Waals surface area contributed by atoms with E-state index >= 15 is 0 Å². The maximum atomic E-state index is 11.3. The maximum Gasteiger partial charge on any atom is 0.374 e. The Kier molecular flexibility index (Phi) is 2.33. The fourth-order valence-corrected chi connectivity index (χ4v) is 1.77. The van der Waals surface area contributed by atoms with Crippen LogP contribution in [0, 0.1) is 0 Å². The molecule has 0 atom stereocenters. The summed E-state index contributed by atoms with van der Waals surface area (Å²) in [5, 5.41) is 0. The number of aromatic amines is 2. The lowest BCUT2D eigenvalue weighted by Gasteiger charge is -1.97. The van der Waals surface area contributed by atoms with Gasteiger partial charge in [-0.25, -0.2) is 14.8 Å². The molecule has 18 heavy (non-hydrogen) atoms. The maximum absolute atomic E-state index is 11.3. The Morgan fingerprint density at radius 3 is 3.06 bits per heavy atom. The molecule has 0 saturated carbocycles. The first-order valence-electron chi connectivity index (χ1n) is 5.35. The third-order valence-electron chi connectivity index (χ3n) is 2.69. The lowest BCUT2D eigenvalue weighted by Crippen LogP contribution is -2.03. The Morgan fingerprint density at radius 1 is 1.33 bits per heavy atom. The third kappa shape index (κ3) is 1.64. The first kappa shape index (κ1) is 10.5. The van der Waals surface area contributed by atoms with E-state index in [2.05, 4.69) is 24.7 Å². The first-order valence-corrected chi connectivity index (χ1v) is 5.35. The van der Waals surface area contributed by atoms with Gasteiger partial charge >= 0.3 is 5.97 Å². The fourth-order valence-electron chi connectivity index (χ4n) is 1.77. The quantitative estimate of drug-likeness (QED) is 0.670. The van der Waals surface area contributed by atoms with Crippen LogP contribution in [0.5, 0.6) is 0 Å². The number of nitrogens with zero attached hydrogens (tertiary/aromatic N) is 2. The van der Waals surface area contributed by atoms with Crippen LogP contribution >= 0.6 is 0 Å². The molecule has 6 heteroatoms. The van der Waals surface area contributed by atoms with Gasteiger partial charge in [0.2, 0.25) is 5.82 Å². The standard InChI is InChI=1S/C12H10N4O2/c1-18-12(17)11-13-5-10(16-11)7-2-3-8-9(4-7)15-6-14-8/h2-6H,1H3,(H,13,16)(H,14,15). The van der Waals surface area contributed by atoms with E-state index < -0.39 is 5.97 Å². The number of ether oxygens (including phenoxy) is 1. The Labute approximate surface area is 102 Å². The van der Waals surface area contributed by atoms with Crippen LogP contribution in [-0.2, 0) is 4.74 Å². The molecule has 0 aliphatic heterocycles. The number of benzene rings is 1. The molecule has 1 aromatic carbocycles. The molecule has 3 rings (SSSR count). The van der Waals surface area contributed by atoms with E-state index in [1.807, 2.05) is 18.2 Å². The molecule has 0 saturated heterocycles. The highest BCUT2D eigenvalue weighted by Crippen LogP contribution is 2.21. The Balaban J connectivity index is 2.03. The summed E-state index contributed by atoms with van der Waals surface area (Å²) in [5.74, 6) is -0.291. The summed E-state index contributed by atoms with van der Waals surface area (Å²) in [7, 11) is 1.32. The number of hydrogen-bond acceptors (Lipinski definition) is 4. The van der Waals surface area contributed by atoms with Gasteiger partial charge in [0.15, 0.2) is 0 Å². The highest BCUT2D eigenvalue weighted by atomic mass is 16.5. The van der Waals surface area contributed by atoms with Crippen LogP contribution in [0.1, 0.15) is 10.6 Å². The van der Waals surface area contributed by atoms with Crippen molar-refractivity contribution in [3.05, 3.63) is 36.5 Å². The summed E-state index contributed by atoms with van der Waals surface area (Å²) in [4.78, 5) is 25.4. The molecule has 2 heterocycles. The molecule has 0 spiro atoms. The van der Waals surface area contributed by atoms with E-state index in [9.17, 15) is 4.79 Å². The number of nitrogens with one attached hydrogen (secondary N) is 2. The Hall–Kier alpha value is -2.63. The summed E-state index contributed by atoms with van der Waals surface area (Å²) in [6.45, 7) is 0. The van der Waals surface area contributed by atoms with E-state index in [-0.39, 0.29) is 5.82 Å². The summed E-state index contributed by atoms with van der Waals surface area (Å²) in [5.41, 5.74) is 3.51. The predicted molar refractivity (Wildman–Crippen MR) is 65.0 cm³/mol. The molecule has 0 bridgehead atoms. The monoisotopic (exact) mass is 242 g/mol. The average molecular weight is 242 g/mol. The summed E-state index contributed by atoms with van der Waals surface area (Å²) in [6, 6.07) is 5.76. The number of hydrogen-bond donors (Lipinski definition) is 2. The van der Waals surface area contributed by atoms with Crippen molar-refractivity contribution >= 4 is 17.0 Å². The van der Waals surface area contributed by atoms with Gasteiger partial charge in [-0.05, 0) is 12.1 Å². The number of carbonyl (C=O) groups is 1. The minimum absolute atomic E-state index is 0.192. The van der Waals surface area contributed by atoms with Gasteiger partial charge in [-0.15, -0.1) is 0 Å². The average Bonchev–Trinajstić information content (AvgIpc) is 3.05. The molecule has 2 N–H and O–H groups in total. The van der Waals surface area contributed by atoms with Crippen LogP contribution in [-0.4, -0.2) is 33.0 Å². The molecular formula is C12H10N4O2. The van der Waals surface area contributed by atoms with Gasteiger partial charge in [-0.2, -0.15) is 0 Å². The molecule has 6 nitrogen and oxygen atoms in total. The molecule has 2 aromatic heterocycles. The number of aromatic nitrogens is 4. The van der Waals surface area contributed by atoms with Crippen molar-refractivity contribution < 1.29 is 9.53 Å². The number of fused-ring (bicyclic) bond motifs is 1. The van der Waals surface area contributed by atoms with E-state index in [1.54, 1.807) is 12.5 Å². The zero-order valence-corrected chi connectivity index (χ0v) is 9.60. The lowest BCUT2D eigenvalue weighted by molar-refractivity contribution is 0.0588. The molecular weight excluding hydrogens is 232 g/mol. The largest absolute Gasteiger partial charge is 0.463 e. The van der Waals surface area contributed by atoms with Crippen LogP contribution in [0.4, 0.5) is 0 Å². The van der Waals surface area contributed by atoms with Crippen LogP contribution < -0.4 is 0 Å². The summed E-state index contributed by atoms with van der Waals surface area (Å²) in [6.07, 6.45) is 3.24. The predicted octanol–water partition coefficient (Wildman–Crippen LogP) is 1.74. The van der Waals surface area contributed by atoms with Crippen LogP contribution in [0.25, 0.3) is 22.3 Å². The smallest absolute Gasteiger partial charge is 0.374 e. The molecule has 0 radical (unpaired) electrons. The van der Waals surface area contributed by atoms with Gasteiger partial charge in [0.25, 0.3) is 0 Å². The van der Waals surface area contributed by atoms with E-state index in [1.165, 1.54) is 7.11 Å². The number of rotatable bonds is 2. The van der Waals surface area contributed by atoms with Gasteiger partial charge < -0.3 is 14.7 Å². The number of esters is 1. The molecule has 90 valence electrons. The van der Waals surface area contributed by atoms with Crippen molar-refractivity contribution in [2.75, 3.05) is 7.11 Å².